The minimum absolute atomic E-state index is 0.0484. The van der Waals surface area contributed by atoms with Gasteiger partial charge >= 0.3 is 6.18 Å². The van der Waals surface area contributed by atoms with Crippen LogP contribution in [0.3, 0.4) is 0 Å². The van der Waals surface area contributed by atoms with Crippen molar-refractivity contribution in [3.8, 4) is 11.4 Å². The minimum Gasteiger partial charge on any atom is -0.497 e. The first-order valence-corrected chi connectivity index (χ1v) is 12.5. The molecule has 0 spiro atoms. The van der Waals surface area contributed by atoms with Crippen LogP contribution in [0.25, 0.3) is 5.69 Å². The standard InChI is InChI=1S/C28H31F3N4O2/c1-33(2)18-27(15-4-5-16-27)19-6-8-20(9-7-19)34-17-14-23-24(26(34)36)35(32-25(23)28(29,30)31)21-10-12-22(37-3)13-11-21/h6-13H,4-5,14-18H2,1-3H3. The van der Waals surface area contributed by atoms with Crippen molar-refractivity contribution in [2.45, 2.75) is 43.7 Å². The van der Waals surface area contributed by atoms with E-state index in [4.69, 9.17) is 4.74 Å². The predicted molar refractivity (Wildman–Crippen MR) is 136 cm³/mol. The van der Waals surface area contributed by atoms with Gasteiger partial charge in [-0.2, -0.15) is 18.3 Å². The van der Waals surface area contributed by atoms with Gasteiger partial charge in [0, 0.05) is 29.8 Å². The number of anilines is 1. The lowest BCUT2D eigenvalue weighted by atomic mass is 9.78. The van der Waals surface area contributed by atoms with Crippen molar-refractivity contribution in [2.75, 3.05) is 39.2 Å². The number of carbonyl (C=O) groups is 1. The first-order valence-electron chi connectivity index (χ1n) is 12.5. The third-order valence-corrected chi connectivity index (χ3v) is 7.57. The molecule has 0 bridgehead atoms. The van der Waals surface area contributed by atoms with Gasteiger partial charge in [-0.3, -0.25) is 4.79 Å². The maximum absolute atomic E-state index is 13.9. The quantitative estimate of drug-likeness (QED) is 0.439. The lowest BCUT2D eigenvalue weighted by molar-refractivity contribution is -0.141. The molecule has 2 aliphatic rings. The largest absolute Gasteiger partial charge is 0.497 e. The molecule has 0 saturated heterocycles. The van der Waals surface area contributed by atoms with Gasteiger partial charge in [0.2, 0.25) is 0 Å². The molecule has 1 aromatic heterocycles. The van der Waals surface area contributed by atoms with Crippen LogP contribution in [0.5, 0.6) is 5.75 Å². The van der Waals surface area contributed by atoms with Crippen molar-refractivity contribution < 1.29 is 22.7 Å². The topological polar surface area (TPSA) is 50.6 Å². The van der Waals surface area contributed by atoms with Gasteiger partial charge in [-0.15, -0.1) is 0 Å². The molecule has 6 nitrogen and oxygen atoms in total. The summed E-state index contributed by atoms with van der Waals surface area (Å²) in [5.74, 6) is 0.0693. The van der Waals surface area contributed by atoms with Crippen LogP contribution < -0.4 is 9.64 Å². The fraction of sp³-hybridized carbons (Fsp3) is 0.429. The Bertz CT molecular complexity index is 1270. The zero-order chi connectivity index (χ0) is 26.4. The van der Waals surface area contributed by atoms with Crippen LogP contribution in [0.4, 0.5) is 18.9 Å². The predicted octanol–water partition coefficient (Wildman–Crippen LogP) is 5.48. The summed E-state index contributed by atoms with van der Waals surface area (Å²) < 4.78 is 47.9. The lowest BCUT2D eigenvalue weighted by Gasteiger charge is -2.33. The fourth-order valence-corrected chi connectivity index (χ4v) is 5.93. The monoisotopic (exact) mass is 512 g/mol. The number of hydrogen-bond acceptors (Lipinski definition) is 4. The van der Waals surface area contributed by atoms with E-state index in [2.05, 4.69) is 36.2 Å². The van der Waals surface area contributed by atoms with E-state index >= 15 is 0 Å². The number of aromatic nitrogens is 2. The number of nitrogens with zero attached hydrogens (tertiary/aromatic N) is 4. The number of amides is 1. The number of benzene rings is 2. The summed E-state index contributed by atoms with van der Waals surface area (Å²) in [6.07, 6.45) is 0.0433. The molecule has 2 aromatic carbocycles. The molecule has 1 aliphatic heterocycles. The third kappa shape index (κ3) is 4.61. The summed E-state index contributed by atoms with van der Waals surface area (Å²) in [6.45, 7) is 1.12. The number of hydrogen-bond donors (Lipinski definition) is 0. The molecule has 0 atom stereocenters. The highest BCUT2D eigenvalue weighted by atomic mass is 19.4. The van der Waals surface area contributed by atoms with Gasteiger partial charge in [0.15, 0.2) is 5.69 Å². The summed E-state index contributed by atoms with van der Waals surface area (Å²) >= 11 is 0. The molecular weight excluding hydrogens is 481 g/mol. The summed E-state index contributed by atoms with van der Waals surface area (Å²) in [7, 11) is 5.67. The average Bonchev–Trinajstić information content (AvgIpc) is 3.50. The molecule has 9 heteroatoms. The maximum atomic E-state index is 13.9. The van der Waals surface area contributed by atoms with Crippen LogP contribution >= 0.6 is 0 Å². The zero-order valence-electron chi connectivity index (χ0n) is 21.3. The van der Waals surface area contributed by atoms with Crippen molar-refractivity contribution in [3.63, 3.8) is 0 Å². The normalized spacial score (nSPS) is 17.4. The average molecular weight is 513 g/mol. The van der Waals surface area contributed by atoms with Crippen LogP contribution in [-0.4, -0.2) is 54.9 Å². The molecule has 0 N–H and O–H groups in total. The number of likely N-dealkylation sites (N-methyl/N-ethyl adjacent to an activating group) is 1. The molecule has 3 aromatic rings. The Morgan fingerprint density at radius 1 is 1.00 bits per heavy atom. The molecule has 1 aliphatic carbocycles. The molecule has 196 valence electrons. The Balaban J connectivity index is 1.51. The first kappa shape index (κ1) is 25.3. The van der Waals surface area contributed by atoms with Crippen molar-refractivity contribution in [1.82, 2.24) is 14.7 Å². The maximum Gasteiger partial charge on any atom is 0.435 e. The second-order valence-electron chi connectivity index (χ2n) is 10.3. The zero-order valence-corrected chi connectivity index (χ0v) is 21.3. The van der Waals surface area contributed by atoms with Crippen molar-refractivity contribution in [3.05, 3.63) is 71.0 Å². The van der Waals surface area contributed by atoms with Gasteiger partial charge in [-0.25, -0.2) is 4.68 Å². The molecule has 1 fully saturated rings. The second kappa shape index (κ2) is 9.52. The van der Waals surface area contributed by atoms with Crippen LogP contribution in [-0.2, 0) is 18.0 Å². The van der Waals surface area contributed by atoms with Gasteiger partial charge in [0.1, 0.15) is 11.4 Å². The van der Waals surface area contributed by atoms with Gasteiger partial charge < -0.3 is 14.5 Å². The molecule has 1 saturated carbocycles. The molecule has 0 unspecified atom stereocenters. The van der Waals surface area contributed by atoms with E-state index in [1.165, 1.54) is 25.5 Å². The first-order chi connectivity index (χ1) is 17.6. The highest BCUT2D eigenvalue weighted by Gasteiger charge is 2.43. The Labute approximate surface area is 214 Å². The highest BCUT2D eigenvalue weighted by Crippen LogP contribution is 2.42. The Morgan fingerprint density at radius 3 is 2.19 bits per heavy atom. The number of carbonyl (C=O) groups excluding carboxylic acids is 1. The Morgan fingerprint density at radius 2 is 1.62 bits per heavy atom. The van der Waals surface area contributed by atoms with E-state index in [0.29, 0.717) is 17.1 Å². The van der Waals surface area contributed by atoms with Crippen LogP contribution in [0, 0.1) is 0 Å². The molecule has 37 heavy (non-hydrogen) atoms. The molecule has 5 rings (SSSR count). The van der Waals surface area contributed by atoms with Crippen molar-refractivity contribution >= 4 is 11.6 Å². The molecular formula is C28H31F3N4O2. The molecule has 0 radical (unpaired) electrons. The van der Waals surface area contributed by atoms with Crippen LogP contribution in [0.1, 0.15) is 53.0 Å². The number of alkyl halides is 3. The molecule has 1 amide bonds. The van der Waals surface area contributed by atoms with E-state index < -0.39 is 17.8 Å². The number of rotatable bonds is 6. The van der Waals surface area contributed by atoms with Gasteiger partial charge in [-0.05, 0) is 75.3 Å². The Kier molecular flexibility index (Phi) is 6.52. The van der Waals surface area contributed by atoms with Crippen molar-refractivity contribution in [2.24, 2.45) is 0 Å². The second-order valence-corrected chi connectivity index (χ2v) is 10.3. The summed E-state index contributed by atoms with van der Waals surface area (Å²) in [4.78, 5) is 17.5. The summed E-state index contributed by atoms with van der Waals surface area (Å²) in [6, 6.07) is 14.5. The summed E-state index contributed by atoms with van der Waals surface area (Å²) in [5.41, 5.74) is 1.27. The number of fused-ring (bicyclic) bond motifs is 1. The van der Waals surface area contributed by atoms with Crippen LogP contribution in [0.2, 0.25) is 0 Å². The van der Waals surface area contributed by atoms with Gasteiger partial charge in [-0.1, -0.05) is 25.0 Å². The smallest absolute Gasteiger partial charge is 0.435 e. The lowest BCUT2D eigenvalue weighted by Crippen LogP contribution is -2.39. The Hall–Kier alpha value is -3.33. The third-order valence-electron chi connectivity index (χ3n) is 7.57. The number of halogens is 3. The fourth-order valence-electron chi connectivity index (χ4n) is 5.93. The highest BCUT2D eigenvalue weighted by molar-refractivity contribution is 6.07. The minimum atomic E-state index is -4.66. The molecule has 2 heterocycles. The number of ether oxygens (including phenoxy) is 1. The van der Waals surface area contributed by atoms with Gasteiger partial charge in [0.25, 0.3) is 5.91 Å². The SMILES string of the molecule is COc1ccc(-n2nc(C(F)(F)F)c3c2C(=O)N(c2ccc(C4(CN(C)C)CCCC4)cc2)CC3)cc1. The van der Waals surface area contributed by atoms with E-state index in [1.807, 2.05) is 12.1 Å². The van der Waals surface area contributed by atoms with E-state index in [0.717, 1.165) is 24.1 Å². The van der Waals surface area contributed by atoms with E-state index in [1.54, 1.807) is 29.2 Å². The summed E-state index contributed by atoms with van der Waals surface area (Å²) in [5, 5.41) is 3.87. The number of methoxy groups -OCH3 is 1. The van der Waals surface area contributed by atoms with E-state index in [9.17, 15) is 18.0 Å². The van der Waals surface area contributed by atoms with E-state index in [-0.39, 0.29) is 29.6 Å². The van der Waals surface area contributed by atoms with Gasteiger partial charge in [0.05, 0.1) is 12.8 Å². The van der Waals surface area contributed by atoms with Crippen molar-refractivity contribution in [1.29, 1.82) is 0 Å². The van der Waals surface area contributed by atoms with Crippen LogP contribution in [0.15, 0.2) is 48.5 Å².